The lowest BCUT2D eigenvalue weighted by atomic mass is 9.96. The number of nitrogens with zero attached hydrogens (tertiary/aromatic N) is 2. The second-order valence-corrected chi connectivity index (χ2v) is 6.36. The summed E-state index contributed by atoms with van der Waals surface area (Å²) in [6.45, 7) is 2.06. The monoisotopic (exact) mass is 323 g/mol. The molecule has 0 unspecified atom stereocenters. The van der Waals surface area contributed by atoms with Gasteiger partial charge >= 0.3 is 0 Å². The molecule has 0 saturated carbocycles. The number of nitrogens with one attached hydrogen (secondary N) is 1. The molecule has 1 fully saturated rings. The molecule has 2 heterocycles. The van der Waals surface area contributed by atoms with E-state index in [2.05, 4.69) is 17.4 Å². The maximum atomic E-state index is 6.43. The third kappa shape index (κ3) is 2.82. The first-order chi connectivity index (χ1) is 11.3. The fourth-order valence-electron chi connectivity index (χ4n) is 3.22. The minimum atomic E-state index is 0.419. The van der Waals surface area contributed by atoms with Gasteiger partial charge in [-0.3, -0.25) is 0 Å². The van der Waals surface area contributed by atoms with Gasteiger partial charge in [-0.1, -0.05) is 48.0 Å². The standard InChI is InChI=1S/C19H18ClN3/c20-16-7-3-1-5-14(16)18-15-6-2-4-8-17(15)22-19(23-18)13-9-11-21-12-10-13/h1-8,13,21H,9-12H2. The first kappa shape index (κ1) is 14.6. The third-order valence-electron chi connectivity index (χ3n) is 4.45. The lowest BCUT2D eigenvalue weighted by Crippen LogP contribution is -2.27. The average Bonchev–Trinajstić information content (AvgIpc) is 2.62. The molecule has 0 radical (unpaired) electrons. The molecule has 2 aromatic carbocycles. The van der Waals surface area contributed by atoms with E-state index in [4.69, 9.17) is 21.6 Å². The molecule has 23 heavy (non-hydrogen) atoms. The van der Waals surface area contributed by atoms with E-state index in [0.717, 1.165) is 58.9 Å². The van der Waals surface area contributed by atoms with E-state index >= 15 is 0 Å². The van der Waals surface area contributed by atoms with Crippen LogP contribution < -0.4 is 5.32 Å². The van der Waals surface area contributed by atoms with E-state index in [0.29, 0.717) is 5.92 Å². The van der Waals surface area contributed by atoms with Gasteiger partial charge in [-0.25, -0.2) is 9.97 Å². The lowest BCUT2D eigenvalue weighted by molar-refractivity contribution is 0.446. The number of benzene rings is 2. The summed E-state index contributed by atoms with van der Waals surface area (Å²) >= 11 is 6.43. The molecule has 1 saturated heterocycles. The van der Waals surface area contributed by atoms with Crippen LogP contribution in [0.4, 0.5) is 0 Å². The Morgan fingerprint density at radius 1 is 0.913 bits per heavy atom. The Morgan fingerprint density at radius 2 is 1.65 bits per heavy atom. The van der Waals surface area contributed by atoms with Crippen molar-refractivity contribution in [3.05, 3.63) is 59.4 Å². The van der Waals surface area contributed by atoms with Crippen molar-refractivity contribution in [1.29, 1.82) is 0 Å². The summed E-state index contributed by atoms with van der Waals surface area (Å²) in [7, 11) is 0. The zero-order valence-electron chi connectivity index (χ0n) is 12.8. The first-order valence-electron chi connectivity index (χ1n) is 8.05. The number of piperidine rings is 1. The van der Waals surface area contributed by atoms with Crippen LogP contribution in [0.15, 0.2) is 48.5 Å². The van der Waals surface area contributed by atoms with E-state index in [9.17, 15) is 0 Å². The van der Waals surface area contributed by atoms with E-state index < -0.39 is 0 Å². The molecule has 4 rings (SSSR count). The summed E-state index contributed by atoms with van der Waals surface area (Å²) < 4.78 is 0. The van der Waals surface area contributed by atoms with Crippen molar-refractivity contribution in [2.24, 2.45) is 0 Å². The van der Waals surface area contributed by atoms with Crippen molar-refractivity contribution < 1.29 is 0 Å². The van der Waals surface area contributed by atoms with Crippen molar-refractivity contribution in [3.63, 3.8) is 0 Å². The Kier molecular flexibility index (Phi) is 3.98. The van der Waals surface area contributed by atoms with Crippen molar-refractivity contribution in [3.8, 4) is 11.3 Å². The van der Waals surface area contributed by atoms with Crippen molar-refractivity contribution >= 4 is 22.5 Å². The molecular formula is C19H18ClN3. The summed E-state index contributed by atoms with van der Waals surface area (Å²) in [5.74, 6) is 1.36. The van der Waals surface area contributed by atoms with E-state index in [1.807, 2.05) is 36.4 Å². The SMILES string of the molecule is Clc1ccccc1-c1nc(C2CCNCC2)nc2ccccc12. The van der Waals surface area contributed by atoms with Gasteiger partial charge in [0.1, 0.15) is 5.82 Å². The molecule has 1 aliphatic rings. The summed E-state index contributed by atoms with van der Waals surface area (Å²) in [4.78, 5) is 9.77. The third-order valence-corrected chi connectivity index (χ3v) is 4.78. The highest BCUT2D eigenvalue weighted by molar-refractivity contribution is 6.33. The van der Waals surface area contributed by atoms with Gasteiger partial charge in [0, 0.05) is 21.9 Å². The highest BCUT2D eigenvalue weighted by Gasteiger charge is 2.20. The summed E-state index contributed by atoms with van der Waals surface area (Å²) in [5.41, 5.74) is 2.91. The Morgan fingerprint density at radius 3 is 2.48 bits per heavy atom. The Labute approximate surface area is 140 Å². The molecule has 0 bridgehead atoms. The number of fused-ring (bicyclic) bond motifs is 1. The van der Waals surface area contributed by atoms with Crippen LogP contribution in [-0.4, -0.2) is 23.1 Å². The van der Waals surface area contributed by atoms with Crippen LogP contribution >= 0.6 is 11.6 Å². The number of halogens is 1. The maximum Gasteiger partial charge on any atom is 0.132 e. The maximum absolute atomic E-state index is 6.43. The van der Waals surface area contributed by atoms with Gasteiger partial charge in [0.05, 0.1) is 11.2 Å². The molecule has 0 amide bonds. The van der Waals surface area contributed by atoms with Gasteiger partial charge in [0.25, 0.3) is 0 Å². The first-order valence-corrected chi connectivity index (χ1v) is 8.43. The smallest absolute Gasteiger partial charge is 0.132 e. The average molecular weight is 324 g/mol. The molecular weight excluding hydrogens is 306 g/mol. The van der Waals surface area contributed by atoms with Crippen LogP contribution in [0.5, 0.6) is 0 Å². The van der Waals surface area contributed by atoms with Crippen molar-refractivity contribution in [2.45, 2.75) is 18.8 Å². The second kappa shape index (κ2) is 6.26. The van der Waals surface area contributed by atoms with E-state index in [1.165, 1.54) is 0 Å². The Hall–Kier alpha value is -1.97. The van der Waals surface area contributed by atoms with E-state index in [-0.39, 0.29) is 0 Å². The van der Waals surface area contributed by atoms with Crippen LogP contribution in [0.25, 0.3) is 22.2 Å². The molecule has 0 atom stereocenters. The molecule has 1 aliphatic heterocycles. The highest BCUT2D eigenvalue weighted by Crippen LogP contribution is 2.33. The predicted octanol–water partition coefficient (Wildman–Crippen LogP) is 4.42. The fraction of sp³-hybridized carbons (Fsp3) is 0.263. The quantitative estimate of drug-likeness (QED) is 0.758. The molecule has 1 aromatic heterocycles. The Bertz CT molecular complexity index is 841. The second-order valence-electron chi connectivity index (χ2n) is 5.95. The van der Waals surface area contributed by atoms with Gasteiger partial charge in [-0.15, -0.1) is 0 Å². The zero-order valence-corrected chi connectivity index (χ0v) is 13.6. The van der Waals surface area contributed by atoms with Gasteiger partial charge in [-0.2, -0.15) is 0 Å². The van der Waals surface area contributed by atoms with Gasteiger partial charge in [-0.05, 0) is 38.1 Å². The van der Waals surface area contributed by atoms with Gasteiger partial charge < -0.3 is 5.32 Å². The number of aromatic nitrogens is 2. The number of rotatable bonds is 2. The molecule has 4 heteroatoms. The topological polar surface area (TPSA) is 37.8 Å². The van der Waals surface area contributed by atoms with Crippen LogP contribution in [-0.2, 0) is 0 Å². The zero-order chi connectivity index (χ0) is 15.6. The summed E-state index contributed by atoms with van der Waals surface area (Å²) in [6, 6.07) is 16.1. The normalized spacial score (nSPS) is 15.9. The number of para-hydroxylation sites is 1. The molecule has 0 spiro atoms. The minimum Gasteiger partial charge on any atom is -0.317 e. The van der Waals surface area contributed by atoms with Crippen LogP contribution in [0.3, 0.4) is 0 Å². The summed E-state index contributed by atoms with van der Waals surface area (Å²) in [6.07, 6.45) is 2.17. The lowest BCUT2D eigenvalue weighted by Gasteiger charge is -2.22. The minimum absolute atomic E-state index is 0.419. The van der Waals surface area contributed by atoms with Crippen LogP contribution in [0.1, 0.15) is 24.6 Å². The highest BCUT2D eigenvalue weighted by atomic mass is 35.5. The van der Waals surface area contributed by atoms with Gasteiger partial charge in [0.2, 0.25) is 0 Å². The Balaban J connectivity index is 1.92. The van der Waals surface area contributed by atoms with Crippen molar-refractivity contribution in [1.82, 2.24) is 15.3 Å². The van der Waals surface area contributed by atoms with E-state index in [1.54, 1.807) is 0 Å². The molecule has 116 valence electrons. The summed E-state index contributed by atoms with van der Waals surface area (Å²) in [5, 5.41) is 5.18. The molecule has 1 N–H and O–H groups in total. The number of hydrogen-bond acceptors (Lipinski definition) is 3. The number of hydrogen-bond donors (Lipinski definition) is 1. The van der Waals surface area contributed by atoms with Crippen LogP contribution in [0.2, 0.25) is 5.02 Å². The molecule has 3 aromatic rings. The largest absolute Gasteiger partial charge is 0.317 e. The predicted molar refractivity (Wildman–Crippen MR) is 94.8 cm³/mol. The van der Waals surface area contributed by atoms with Crippen molar-refractivity contribution in [2.75, 3.05) is 13.1 Å². The van der Waals surface area contributed by atoms with Crippen LogP contribution in [0, 0.1) is 0 Å². The fourth-order valence-corrected chi connectivity index (χ4v) is 3.44. The molecule has 3 nitrogen and oxygen atoms in total. The van der Waals surface area contributed by atoms with Gasteiger partial charge in [0.15, 0.2) is 0 Å². The molecule has 0 aliphatic carbocycles.